The van der Waals surface area contributed by atoms with Crippen LogP contribution in [0.5, 0.6) is 0 Å². The number of nitrogens with zero attached hydrogens (tertiary/aromatic N) is 2. The zero-order valence-corrected chi connectivity index (χ0v) is 14.8. The first kappa shape index (κ1) is 16.0. The number of anilines is 1. The van der Waals surface area contributed by atoms with Crippen molar-refractivity contribution in [1.82, 2.24) is 4.98 Å². The van der Waals surface area contributed by atoms with Crippen LogP contribution >= 0.6 is 11.3 Å². The maximum atomic E-state index is 12.2. The van der Waals surface area contributed by atoms with Gasteiger partial charge in [-0.05, 0) is 43.7 Å². The molecule has 6 heteroatoms. The van der Waals surface area contributed by atoms with E-state index in [1.807, 2.05) is 29.6 Å². The molecule has 1 saturated carbocycles. The summed E-state index contributed by atoms with van der Waals surface area (Å²) in [6.45, 7) is 2.26. The molecule has 25 heavy (non-hydrogen) atoms. The summed E-state index contributed by atoms with van der Waals surface area (Å²) < 4.78 is 5.38. The number of fused-ring (bicyclic) bond motifs is 1. The van der Waals surface area contributed by atoms with Crippen molar-refractivity contribution in [2.45, 2.75) is 32.6 Å². The highest BCUT2D eigenvalue weighted by Gasteiger charge is 2.15. The van der Waals surface area contributed by atoms with Crippen molar-refractivity contribution >= 4 is 33.1 Å². The Morgan fingerprint density at radius 1 is 1.36 bits per heavy atom. The van der Waals surface area contributed by atoms with Gasteiger partial charge in [0.25, 0.3) is 0 Å². The van der Waals surface area contributed by atoms with Gasteiger partial charge >= 0.3 is 5.63 Å². The number of thiazole rings is 1. The lowest BCUT2D eigenvalue weighted by Crippen LogP contribution is -2.13. The second kappa shape index (κ2) is 6.80. The number of rotatable bonds is 3. The van der Waals surface area contributed by atoms with E-state index in [0.717, 1.165) is 18.2 Å². The predicted octanol–water partition coefficient (Wildman–Crippen LogP) is 4.89. The molecule has 2 heterocycles. The van der Waals surface area contributed by atoms with Crippen LogP contribution in [-0.2, 0) is 0 Å². The minimum atomic E-state index is -0.372. The van der Waals surface area contributed by atoms with Gasteiger partial charge < -0.3 is 4.42 Å². The number of nitrogens with one attached hydrogen (secondary N) is 1. The maximum absolute atomic E-state index is 12.2. The average molecular weight is 353 g/mol. The minimum absolute atomic E-state index is 0.372. The zero-order chi connectivity index (χ0) is 17.2. The number of hydrogen-bond donors (Lipinski definition) is 1. The monoisotopic (exact) mass is 353 g/mol. The molecule has 1 aliphatic carbocycles. The normalized spacial score (nSPS) is 19.4. The lowest BCUT2D eigenvalue weighted by Gasteiger charge is -2.18. The summed E-state index contributed by atoms with van der Waals surface area (Å²) in [6, 6.07) is 9.30. The van der Waals surface area contributed by atoms with E-state index in [4.69, 9.17) is 4.42 Å². The van der Waals surface area contributed by atoms with Crippen molar-refractivity contribution < 1.29 is 4.42 Å². The van der Waals surface area contributed by atoms with Crippen LogP contribution in [0.25, 0.3) is 22.2 Å². The lowest BCUT2D eigenvalue weighted by atomic mass is 9.89. The molecule has 1 atom stereocenters. The highest BCUT2D eigenvalue weighted by Crippen LogP contribution is 2.26. The first-order chi connectivity index (χ1) is 12.2. The van der Waals surface area contributed by atoms with Crippen LogP contribution in [0.3, 0.4) is 0 Å². The average Bonchev–Trinajstić information content (AvgIpc) is 3.08. The lowest BCUT2D eigenvalue weighted by molar-refractivity contribution is 0.500. The van der Waals surface area contributed by atoms with Gasteiger partial charge in [-0.2, -0.15) is 5.10 Å². The summed E-state index contributed by atoms with van der Waals surface area (Å²) in [5, 5.41) is 7.92. The van der Waals surface area contributed by atoms with E-state index < -0.39 is 0 Å². The Morgan fingerprint density at radius 3 is 3.12 bits per heavy atom. The second-order valence-electron chi connectivity index (χ2n) is 6.51. The quantitative estimate of drug-likeness (QED) is 0.537. The molecule has 0 saturated heterocycles. The molecular formula is C19H19N3O2S. The van der Waals surface area contributed by atoms with Gasteiger partial charge in [-0.25, -0.2) is 9.78 Å². The number of benzene rings is 1. The summed E-state index contributed by atoms with van der Waals surface area (Å²) >= 11 is 1.44. The van der Waals surface area contributed by atoms with Gasteiger partial charge in [0.2, 0.25) is 5.13 Å². The Labute approximate surface area is 149 Å². The van der Waals surface area contributed by atoms with Crippen LogP contribution in [0.2, 0.25) is 0 Å². The predicted molar refractivity (Wildman–Crippen MR) is 102 cm³/mol. The van der Waals surface area contributed by atoms with E-state index in [2.05, 4.69) is 22.4 Å². The number of hydrogen-bond acceptors (Lipinski definition) is 6. The molecule has 0 bridgehead atoms. The summed E-state index contributed by atoms with van der Waals surface area (Å²) in [5.41, 5.74) is 5.54. The van der Waals surface area contributed by atoms with Gasteiger partial charge in [-0.3, -0.25) is 5.43 Å². The molecule has 1 aliphatic rings. The summed E-state index contributed by atoms with van der Waals surface area (Å²) in [6.07, 6.45) is 4.56. The molecule has 0 amide bonds. The summed E-state index contributed by atoms with van der Waals surface area (Å²) in [5.74, 6) is 0.698. The second-order valence-corrected chi connectivity index (χ2v) is 7.37. The highest BCUT2D eigenvalue weighted by molar-refractivity contribution is 7.14. The molecule has 5 nitrogen and oxygen atoms in total. The summed E-state index contributed by atoms with van der Waals surface area (Å²) in [7, 11) is 0. The number of para-hydroxylation sites is 1. The minimum Gasteiger partial charge on any atom is -0.422 e. The Morgan fingerprint density at radius 2 is 2.24 bits per heavy atom. The molecule has 3 aromatic rings. The van der Waals surface area contributed by atoms with E-state index in [1.54, 1.807) is 6.07 Å². The number of hydrazone groups is 1. The zero-order valence-electron chi connectivity index (χ0n) is 14.0. The molecular weight excluding hydrogens is 334 g/mol. The molecule has 1 unspecified atom stereocenters. The molecule has 1 aromatic carbocycles. The number of aromatic nitrogens is 1. The fourth-order valence-electron chi connectivity index (χ4n) is 3.18. The van der Waals surface area contributed by atoms with Crippen molar-refractivity contribution in [3.63, 3.8) is 0 Å². The van der Waals surface area contributed by atoms with Gasteiger partial charge in [0.05, 0.1) is 11.3 Å². The maximum Gasteiger partial charge on any atom is 0.345 e. The topological polar surface area (TPSA) is 67.5 Å². The standard InChI is InChI=1S/C19H19N3O2S/c1-12-5-4-7-14(9-12)21-22-19-20-16(11-25-19)15-10-13-6-2-3-8-17(13)24-18(15)23/h2-3,6,8,10-12H,4-5,7,9H2,1H3,(H,20,22)/b21-14+. The third kappa shape index (κ3) is 3.49. The molecule has 0 radical (unpaired) electrons. The van der Waals surface area contributed by atoms with Gasteiger partial charge in [-0.1, -0.05) is 25.1 Å². The first-order valence-corrected chi connectivity index (χ1v) is 9.37. The fourth-order valence-corrected chi connectivity index (χ4v) is 3.83. The largest absolute Gasteiger partial charge is 0.422 e. The van der Waals surface area contributed by atoms with Gasteiger partial charge in [0.1, 0.15) is 5.58 Å². The fraction of sp³-hybridized carbons (Fsp3) is 0.316. The van der Waals surface area contributed by atoms with Crippen LogP contribution in [0.4, 0.5) is 5.13 Å². The van der Waals surface area contributed by atoms with Crippen molar-refractivity contribution in [3.8, 4) is 11.3 Å². The van der Waals surface area contributed by atoms with Crippen LogP contribution in [-0.4, -0.2) is 10.7 Å². The van der Waals surface area contributed by atoms with Crippen LogP contribution in [0.15, 0.2) is 50.0 Å². The SMILES string of the molecule is CC1CCC/C(=N\Nc2nc(-c3cc4ccccc4oc3=O)cs2)C1. The molecule has 2 aromatic heterocycles. The smallest absolute Gasteiger partial charge is 0.345 e. The van der Waals surface area contributed by atoms with Crippen molar-refractivity contribution in [2.24, 2.45) is 11.0 Å². The van der Waals surface area contributed by atoms with Gasteiger partial charge in [-0.15, -0.1) is 11.3 Å². The van der Waals surface area contributed by atoms with E-state index >= 15 is 0 Å². The Bertz CT molecular complexity index is 989. The molecule has 1 N–H and O–H groups in total. The van der Waals surface area contributed by atoms with Crippen LogP contribution in [0.1, 0.15) is 32.6 Å². The first-order valence-electron chi connectivity index (χ1n) is 8.49. The van der Waals surface area contributed by atoms with E-state index in [1.165, 1.54) is 29.9 Å². The summed E-state index contributed by atoms with van der Waals surface area (Å²) in [4.78, 5) is 16.7. The van der Waals surface area contributed by atoms with Crippen molar-refractivity contribution in [3.05, 3.63) is 46.1 Å². The Hall–Kier alpha value is -2.47. The van der Waals surface area contributed by atoms with Crippen molar-refractivity contribution in [2.75, 3.05) is 5.43 Å². The van der Waals surface area contributed by atoms with Gasteiger partial charge in [0.15, 0.2) is 0 Å². The molecule has 4 rings (SSSR count). The van der Waals surface area contributed by atoms with Crippen molar-refractivity contribution in [1.29, 1.82) is 0 Å². The third-order valence-corrected chi connectivity index (χ3v) is 5.22. The Balaban J connectivity index is 1.58. The van der Waals surface area contributed by atoms with E-state index in [9.17, 15) is 4.79 Å². The van der Waals surface area contributed by atoms with E-state index in [0.29, 0.717) is 27.9 Å². The van der Waals surface area contributed by atoms with Crippen LogP contribution < -0.4 is 11.1 Å². The highest BCUT2D eigenvalue weighted by atomic mass is 32.1. The van der Waals surface area contributed by atoms with Crippen LogP contribution in [0, 0.1) is 5.92 Å². The molecule has 1 fully saturated rings. The van der Waals surface area contributed by atoms with E-state index in [-0.39, 0.29) is 5.63 Å². The third-order valence-electron chi connectivity index (χ3n) is 4.48. The van der Waals surface area contributed by atoms with Gasteiger partial charge in [0, 0.05) is 16.5 Å². The molecule has 0 aliphatic heterocycles. The Kier molecular flexibility index (Phi) is 4.36. The molecule has 0 spiro atoms. The molecule has 128 valence electrons.